The molecule has 1 aliphatic heterocycles. The molecule has 7 heteroatoms. The molecule has 1 aliphatic rings. The van der Waals surface area contributed by atoms with Crippen LogP contribution >= 0.6 is 0 Å². The van der Waals surface area contributed by atoms with Crippen molar-refractivity contribution in [2.24, 2.45) is 5.16 Å². The van der Waals surface area contributed by atoms with Gasteiger partial charge in [0, 0.05) is 31.9 Å². The number of aliphatic carboxylic acids is 1. The van der Waals surface area contributed by atoms with E-state index in [1.54, 1.807) is 24.3 Å². The van der Waals surface area contributed by atoms with Crippen molar-refractivity contribution >= 4 is 17.4 Å². The van der Waals surface area contributed by atoms with E-state index in [1.807, 2.05) is 0 Å². The van der Waals surface area contributed by atoms with E-state index in [0.717, 1.165) is 43.9 Å². The molecule has 7 nitrogen and oxygen atoms in total. The third-order valence-corrected chi connectivity index (χ3v) is 5.28. The summed E-state index contributed by atoms with van der Waals surface area (Å²) in [5.74, 6) is -0.236. The van der Waals surface area contributed by atoms with Crippen molar-refractivity contribution in [3.8, 4) is 5.75 Å². The molecule has 2 aromatic rings. The number of piperazine rings is 1. The Kier molecular flexibility index (Phi) is 8.29. The molecule has 166 valence electrons. The second-order valence-electron chi connectivity index (χ2n) is 7.63. The maximum atomic E-state index is 10.8. The number of nitrogens with zero attached hydrogens (tertiary/aromatic N) is 3. The molecule has 0 bridgehead atoms. The Labute approximate surface area is 183 Å². The number of anilines is 1. The highest BCUT2D eigenvalue weighted by Gasteiger charge is 2.14. The summed E-state index contributed by atoms with van der Waals surface area (Å²) in [4.78, 5) is 21.0. The zero-order valence-electron chi connectivity index (χ0n) is 18.3. The second-order valence-corrected chi connectivity index (χ2v) is 7.63. The van der Waals surface area contributed by atoms with E-state index >= 15 is 0 Å². The number of carboxylic acid groups (broad SMARTS) is 1. The van der Waals surface area contributed by atoms with Gasteiger partial charge in [0.15, 0.2) is 6.61 Å². The van der Waals surface area contributed by atoms with Crippen molar-refractivity contribution in [2.75, 3.05) is 51.3 Å². The van der Waals surface area contributed by atoms with Crippen LogP contribution in [0.3, 0.4) is 0 Å². The summed E-state index contributed by atoms with van der Waals surface area (Å²) < 4.78 is 5.64. The van der Waals surface area contributed by atoms with Gasteiger partial charge in [0.1, 0.15) is 12.4 Å². The fourth-order valence-electron chi connectivity index (χ4n) is 3.49. The van der Waals surface area contributed by atoms with Crippen LogP contribution in [0.25, 0.3) is 0 Å². The molecule has 0 aromatic heterocycles. The molecular weight excluding hydrogens is 394 g/mol. The van der Waals surface area contributed by atoms with Gasteiger partial charge in [-0.25, -0.2) is 0 Å². The lowest BCUT2D eigenvalue weighted by molar-refractivity contribution is -0.136. The molecule has 1 fully saturated rings. The van der Waals surface area contributed by atoms with Crippen LogP contribution in [0.4, 0.5) is 5.69 Å². The quantitative estimate of drug-likeness (QED) is 0.358. The smallest absolute Gasteiger partial charge is 0.307 e. The number of oxime groups is 1. The molecule has 1 heterocycles. The number of likely N-dealkylation sites (N-methyl/N-ethyl adjacent to an activating group) is 1. The molecule has 0 amide bonds. The average Bonchev–Trinajstić information content (AvgIpc) is 2.77. The first-order valence-corrected chi connectivity index (χ1v) is 10.7. The minimum absolute atomic E-state index is 0.0224. The molecule has 0 aliphatic carbocycles. The van der Waals surface area contributed by atoms with Crippen LogP contribution in [0.15, 0.2) is 53.7 Å². The third-order valence-electron chi connectivity index (χ3n) is 5.28. The highest BCUT2D eigenvalue weighted by atomic mass is 16.6. The van der Waals surface area contributed by atoms with Crippen LogP contribution < -0.4 is 9.64 Å². The van der Waals surface area contributed by atoms with Gasteiger partial charge < -0.3 is 24.5 Å². The Morgan fingerprint density at radius 3 is 2.48 bits per heavy atom. The molecule has 3 rings (SSSR count). The lowest BCUT2D eigenvalue weighted by Crippen LogP contribution is -2.44. The lowest BCUT2D eigenvalue weighted by Gasteiger charge is -2.34. The van der Waals surface area contributed by atoms with E-state index in [-0.39, 0.29) is 6.42 Å². The lowest BCUT2D eigenvalue weighted by atomic mass is 10.1. The molecule has 2 aromatic carbocycles. The molecule has 1 N–H and O–H groups in total. The van der Waals surface area contributed by atoms with Gasteiger partial charge >= 0.3 is 5.97 Å². The minimum atomic E-state index is -0.863. The SMILES string of the molecule is CCC(=NOCCOc1cccc(CC(=O)O)c1)c1ccc(N2CCN(C)CC2)cc1. The number of carbonyl (C=O) groups is 1. The van der Waals surface area contributed by atoms with Crippen LogP contribution in [0.5, 0.6) is 5.75 Å². The van der Waals surface area contributed by atoms with Crippen molar-refractivity contribution in [1.29, 1.82) is 0 Å². The van der Waals surface area contributed by atoms with E-state index in [9.17, 15) is 4.79 Å². The van der Waals surface area contributed by atoms with E-state index in [0.29, 0.717) is 24.5 Å². The molecule has 31 heavy (non-hydrogen) atoms. The maximum absolute atomic E-state index is 10.8. The topological polar surface area (TPSA) is 74.6 Å². The van der Waals surface area contributed by atoms with Gasteiger partial charge in [-0.3, -0.25) is 4.79 Å². The van der Waals surface area contributed by atoms with Gasteiger partial charge in [-0.2, -0.15) is 0 Å². The Balaban J connectivity index is 1.48. The first kappa shape index (κ1) is 22.6. The Morgan fingerprint density at radius 1 is 1.06 bits per heavy atom. The van der Waals surface area contributed by atoms with Gasteiger partial charge in [0.2, 0.25) is 0 Å². The zero-order valence-corrected chi connectivity index (χ0v) is 18.3. The number of hydrogen-bond acceptors (Lipinski definition) is 6. The van der Waals surface area contributed by atoms with Crippen molar-refractivity contribution in [3.63, 3.8) is 0 Å². The standard InChI is InChI=1S/C24H31N3O4/c1-3-23(20-7-9-21(10-8-20)27-13-11-26(2)12-14-27)25-31-16-15-30-22-6-4-5-19(17-22)18-24(28)29/h4-10,17H,3,11-16,18H2,1-2H3,(H,28,29). The summed E-state index contributed by atoms with van der Waals surface area (Å²) in [6, 6.07) is 15.6. The molecule has 0 saturated carbocycles. The van der Waals surface area contributed by atoms with Crippen molar-refractivity contribution < 1.29 is 19.5 Å². The van der Waals surface area contributed by atoms with Crippen LogP contribution in [0.1, 0.15) is 24.5 Å². The Morgan fingerprint density at radius 2 is 1.81 bits per heavy atom. The second kappa shape index (κ2) is 11.4. The summed E-state index contributed by atoms with van der Waals surface area (Å²) in [5.41, 5.74) is 3.90. The summed E-state index contributed by atoms with van der Waals surface area (Å²) in [6.45, 7) is 6.97. The van der Waals surface area contributed by atoms with Gasteiger partial charge in [-0.1, -0.05) is 36.3 Å². The van der Waals surface area contributed by atoms with Crippen LogP contribution in [-0.4, -0.2) is 68.1 Å². The maximum Gasteiger partial charge on any atom is 0.307 e. The van der Waals surface area contributed by atoms with Gasteiger partial charge in [0.25, 0.3) is 0 Å². The van der Waals surface area contributed by atoms with E-state index in [4.69, 9.17) is 14.7 Å². The predicted molar refractivity (Wildman–Crippen MR) is 122 cm³/mol. The van der Waals surface area contributed by atoms with Gasteiger partial charge in [-0.05, 0) is 48.9 Å². The fourth-order valence-corrected chi connectivity index (χ4v) is 3.49. The first-order valence-electron chi connectivity index (χ1n) is 10.7. The summed E-state index contributed by atoms with van der Waals surface area (Å²) in [5, 5.41) is 13.2. The van der Waals surface area contributed by atoms with Crippen LogP contribution in [0, 0.1) is 0 Å². The first-order chi connectivity index (χ1) is 15.0. The third kappa shape index (κ3) is 7.00. The zero-order chi connectivity index (χ0) is 22.1. The summed E-state index contributed by atoms with van der Waals surface area (Å²) in [6.07, 6.45) is 0.747. The van der Waals surface area contributed by atoms with Crippen molar-refractivity contribution in [1.82, 2.24) is 4.90 Å². The highest BCUT2D eigenvalue weighted by molar-refractivity contribution is 6.00. The predicted octanol–water partition coefficient (Wildman–Crippen LogP) is 3.28. The van der Waals surface area contributed by atoms with Gasteiger partial charge in [-0.15, -0.1) is 0 Å². The largest absolute Gasteiger partial charge is 0.490 e. The Bertz CT molecular complexity index is 875. The highest BCUT2D eigenvalue weighted by Crippen LogP contribution is 2.18. The number of hydrogen-bond donors (Lipinski definition) is 1. The van der Waals surface area contributed by atoms with Gasteiger partial charge in [0.05, 0.1) is 12.1 Å². The molecule has 0 radical (unpaired) electrons. The number of rotatable bonds is 10. The molecular formula is C24H31N3O4. The number of ether oxygens (including phenoxy) is 1. The van der Waals surface area contributed by atoms with E-state index in [2.05, 4.69) is 53.2 Å². The van der Waals surface area contributed by atoms with Crippen molar-refractivity contribution in [2.45, 2.75) is 19.8 Å². The molecule has 0 atom stereocenters. The minimum Gasteiger partial charge on any atom is -0.490 e. The summed E-state index contributed by atoms with van der Waals surface area (Å²) in [7, 11) is 2.16. The number of carboxylic acids is 1. The summed E-state index contributed by atoms with van der Waals surface area (Å²) >= 11 is 0. The van der Waals surface area contributed by atoms with E-state index < -0.39 is 5.97 Å². The van der Waals surface area contributed by atoms with Crippen LogP contribution in [0.2, 0.25) is 0 Å². The molecule has 0 spiro atoms. The normalized spacial score (nSPS) is 15.0. The Hall–Kier alpha value is -3.06. The van der Waals surface area contributed by atoms with Crippen LogP contribution in [-0.2, 0) is 16.1 Å². The molecule has 0 unspecified atom stereocenters. The van der Waals surface area contributed by atoms with E-state index in [1.165, 1.54) is 5.69 Å². The average molecular weight is 426 g/mol. The number of benzene rings is 2. The monoisotopic (exact) mass is 425 g/mol. The molecule has 1 saturated heterocycles. The van der Waals surface area contributed by atoms with Crippen molar-refractivity contribution in [3.05, 3.63) is 59.7 Å². The fraction of sp³-hybridized carbons (Fsp3) is 0.417.